The highest BCUT2D eigenvalue weighted by Gasteiger charge is 2.40. The normalized spacial score (nSPS) is 17.3. The smallest absolute Gasteiger partial charge is 0.320 e. The number of carbonyl (C=O) groups is 2. The maximum atomic E-state index is 13.3. The highest BCUT2D eigenvalue weighted by Crippen LogP contribution is 2.33. The van der Waals surface area contributed by atoms with Gasteiger partial charge in [0.25, 0.3) is 5.69 Å². The van der Waals surface area contributed by atoms with Gasteiger partial charge < -0.3 is 21.1 Å². The van der Waals surface area contributed by atoms with Crippen LogP contribution in [0.4, 0.5) is 11.4 Å². The molecule has 0 aromatic heterocycles. The average Bonchev–Trinajstić information content (AvgIpc) is 3.30. The summed E-state index contributed by atoms with van der Waals surface area (Å²) >= 11 is 0. The second-order valence-electron chi connectivity index (χ2n) is 8.09. The lowest BCUT2D eigenvalue weighted by Gasteiger charge is -2.24. The minimum Gasteiger partial charge on any atom is -0.480 e. The van der Waals surface area contributed by atoms with Crippen molar-refractivity contribution in [2.75, 3.05) is 31.1 Å². The number of carboxylic acids is 1. The van der Waals surface area contributed by atoms with Gasteiger partial charge in [-0.2, -0.15) is 4.31 Å². The van der Waals surface area contributed by atoms with E-state index < -0.39 is 38.9 Å². The van der Waals surface area contributed by atoms with Crippen LogP contribution in [0.3, 0.4) is 0 Å². The average molecular weight is 500 g/mol. The molecule has 0 bridgehead atoms. The van der Waals surface area contributed by atoms with Crippen LogP contribution in [0.2, 0.25) is 0 Å². The molecule has 12 nitrogen and oxygen atoms in total. The topological polar surface area (TPSA) is 176 Å². The van der Waals surface area contributed by atoms with Gasteiger partial charge in [-0.1, -0.05) is 0 Å². The number of nitro benzene ring substituents is 1. The maximum Gasteiger partial charge on any atom is 0.320 e. The van der Waals surface area contributed by atoms with Crippen molar-refractivity contribution in [1.29, 1.82) is 0 Å². The first kappa shape index (κ1) is 27.5. The molecule has 1 aliphatic heterocycles. The van der Waals surface area contributed by atoms with Crippen molar-refractivity contribution in [2.45, 2.75) is 62.9 Å². The van der Waals surface area contributed by atoms with Gasteiger partial charge in [-0.25, -0.2) is 8.42 Å². The lowest BCUT2D eigenvalue weighted by molar-refractivity contribution is -0.384. The predicted octanol–water partition coefficient (Wildman–Crippen LogP) is 1.29. The number of carbonyl (C=O) groups excluding carboxylic acids is 1. The zero-order valence-electron chi connectivity index (χ0n) is 19.5. The zero-order chi connectivity index (χ0) is 25.5. The Hall–Kier alpha value is -2.77. The van der Waals surface area contributed by atoms with E-state index in [1.807, 2.05) is 13.8 Å². The van der Waals surface area contributed by atoms with Crippen LogP contribution in [0.15, 0.2) is 23.1 Å². The number of carboxylic acid groups (broad SMARTS) is 1. The summed E-state index contributed by atoms with van der Waals surface area (Å²) < 4.78 is 27.7. The molecule has 2 unspecified atom stereocenters. The fraction of sp³-hybridized carbons (Fsp3) is 0.619. The van der Waals surface area contributed by atoms with Gasteiger partial charge in [0.2, 0.25) is 15.9 Å². The first-order valence-electron chi connectivity index (χ1n) is 11.4. The Morgan fingerprint density at radius 3 is 2.59 bits per heavy atom. The fourth-order valence-corrected chi connectivity index (χ4v) is 5.69. The molecule has 190 valence electrons. The number of amides is 1. The van der Waals surface area contributed by atoms with Gasteiger partial charge in [0.1, 0.15) is 17.8 Å². The van der Waals surface area contributed by atoms with Crippen molar-refractivity contribution in [3.05, 3.63) is 28.3 Å². The van der Waals surface area contributed by atoms with E-state index in [2.05, 4.69) is 5.32 Å². The SMILES string of the molecule is CCN(CC)c1ccc(S(=O)(=O)N2CCCC2C(=O)NCCCCC(N)C(=O)O)cc1[N+](=O)[O-]. The van der Waals surface area contributed by atoms with Crippen molar-refractivity contribution >= 4 is 33.3 Å². The molecule has 1 aromatic rings. The third kappa shape index (κ3) is 6.42. The van der Waals surface area contributed by atoms with Crippen molar-refractivity contribution in [3.8, 4) is 0 Å². The van der Waals surface area contributed by atoms with E-state index in [4.69, 9.17) is 10.8 Å². The van der Waals surface area contributed by atoms with E-state index in [0.717, 1.165) is 10.4 Å². The van der Waals surface area contributed by atoms with Crippen LogP contribution in [-0.2, 0) is 19.6 Å². The number of benzene rings is 1. The molecule has 34 heavy (non-hydrogen) atoms. The summed E-state index contributed by atoms with van der Waals surface area (Å²) in [4.78, 5) is 36.0. The van der Waals surface area contributed by atoms with Gasteiger partial charge >= 0.3 is 5.97 Å². The van der Waals surface area contributed by atoms with Crippen LogP contribution < -0.4 is 16.0 Å². The summed E-state index contributed by atoms with van der Waals surface area (Å²) in [5.74, 6) is -1.53. The second-order valence-corrected chi connectivity index (χ2v) is 9.98. The van der Waals surface area contributed by atoms with E-state index in [9.17, 15) is 28.1 Å². The Morgan fingerprint density at radius 1 is 1.32 bits per heavy atom. The standard InChI is InChI=1S/C21H33N5O7S/c1-3-24(4-2)17-11-10-15(14-19(17)26(30)31)34(32,33)25-13-7-9-18(25)20(27)23-12-6-5-8-16(22)21(28)29/h10-11,14,16,18H,3-9,12-13,22H2,1-2H3,(H,23,27)(H,28,29). The van der Waals surface area contributed by atoms with Crippen LogP contribution in [0.5, 0.6) is 0 Å². The van der Waals surface area contributed by atoms with E-state index in [1.54, 1.807) is 4.90 Å². The predicted molar refractivity (Wildman–Crippen MR) is 126 cm³/mol. The number of nitrogens with two attached hydrogens (primary N) is 1. The Morgan fingerprint density at radius 2 is 2.00 bits per heavy atom. The molecule has 13 heteroatoms. The lowest BCUT2D eigenvalue weighted by Crippen LogP contribution is -2.46. The molecule has 1 aromatic carbocycles. The highest BCUT2D eigenvalue weighted by atomic mass is 32.2. The van der Waals surface area contributed by atoms with E-state index >= 15 is 0 Å². The van der Waals surface area contributed by atoms with Gasteiger partial charge in [0.05, 0.1) is 9.82 Å². The summed E-state index contributed by atoms with van der Waals surface area (Å²) in [7, 11) is -4.13. The molecule has 1 amide bonds. The number of nitrogens with one attached hydrogen (secondary N) is 1. The van der Waals surface area contributed by atoms with Gasteiger partial charge in [-0.05, 0) is 58.1 Å². The summed E-state index contributed by atoms with van der Waals surface area (Å²) in [6, 6.07) is 1.97. The lowest BCUT2D eigenvalue weighted by atomic mass is 10.1. The van der Waals surface area contributed by atoms with Gasteiger partial charge in [0, 0.05) is 32.2 Å². The van der Waals surface area contributed by atoms with E-state index in [1.165, 1.54) is 12.1 Å². The number of hydrogen-bond acceptors (Lipinski definition) is 8. The van der Waals surface area contributed by atoms with Gasteiger partial charge in [-0.15, -0.1) is 0 Å². The molecule has 1 fully saturated rings. The molecule has 2 rings (SSSR count). The second kappa shape index (κ2) is 12.1. The molecule has 0 spiro atoms. The van der Waals surface area contributed by atoms with Crippen molar-refractivity contribution in [1.82, 2.24) is 9.62 Å². The third-order valence-electron chi connectivity index (χ3n) is 5.92. The van der Waals surface area contributed by atoms with Crippen molar-refractivity contribution in [3.63, 3.8) is 0 Å². The minimum absolute atomic E-state index is 0.138. The number of anilines is 1. The summed E-state index contributed by atoms with van der Waals surface area (Å²) in [6.45, 7) is 5.16. The zero-order valence-corrected chi connectivity index (χ0v) is 20.3. The van der Waals surface area contributed by atoms with Crippen LogP contribution in [0.1, 0.15) is 46.0 Å². The van der Waals surface area contributed by atoms with E-state index in [0.29, 0.717) is 44.5 Å². The van der Waals surface area contributed by atoms with Crippen LogP contribution in [-0.4, -0.2) is 72.9 Å². The highest BCUT2D eigenvalue weighted by molar-refractivity contribution is 7.89. The Kier molecular flexibility index (Phi) is 9.77. The molecule has 0 saturated carbocycles. The van der Waals surface area contributed by atoms with Gasteiger partial charge in [0.15, 0.2) is 0 Å². The van der Waals surface area contributed by atoms with Gasteiger partial charge in [-0.3, -0.25) is 19.7 Å². The molecule has 1 saturated heterocycles. The molecule has 0 radical (unpaired) electrons. The number of unbranched alkanes of at least 4 members (excludes halogenated alkanes) is 1. The van der Waals surface area contributed by atoms with Crippen molar-refractivity contribution in [2.24, 2.45) is 5.73 Å². The Bertz CT molecular complexity index is 997. The fourth-order valence-electron chi connectivity index (χ4n) is 4.01. The molecule has 2 atom stereocenters. The van der Waals surface area contributed by atoms with Crippen LogP contribution >= 0.6 is 0 Å². The molecule has 1 aliphatic rings. The molecular weight excluding hydrogens is 466 g/mol. The number of rotatable bonds is 13. The van der Waals surface area contributed by atoms with Crippen molar-refractivity contribution < 1.29 is 28.0 Å². The minimum atomic E-state index is -4.13. The summed E-state index contributed by atoms with van der Waals surface area (Å²) in [5.41, 5.74) is 5.48. The summed E-state index contributed by atoms with van der Waals surface area (Å²) in [5, 5.41) is 23.1. The largest absolute Gasteiger partial charge is 0.480 e. The third-order valence-corrected chi connectivity index (χ3v) is 7.82. The number of aliphatic carboxylic acids is 1. The Balaban J connectivity index is 2.13. The quantitative estimate of drug-likeness (QED) is 0.205. The first-order chi connectivity index (χ1) is 16.0. The Labute approximate surface area is 199 Å². The number of sulfonamides is 1. The molecule has 4 N–H and O–H groups in total. The van der Waals surface area contributed by atoms with Crippen LogP contribution in [0, 0.1) is 10.1 Å². The molecule has 1 heterocycles. The number of nitrogens with zero attached hydrogens (tertiary/aromatic N) is 3. The van der Waals surface area contributed by atoms with Crippen LogP contribution in [0.25, 0.3) is 0 Å². The first-order valence-corrected chi connectivity index (χ1v) is 12.8. The molecule has 0 aliphatic carbocycles. The maximum absolute atomic E-state index is 13.3. The number of hydrogen-bond donors (Lipinski definition) is 3. The number of nitro groups is 1. The summed E-state index contributed by atoms with van der Waals surface area (Å²) in [6.07, 6.45) is 2.12. The molecular formula is C21H33N5O7S. The monoisotopic (exact) mass is 499 g/mol. The van der Waals surface area contributed by atoms with E-state index in [-0.39, 0.29) is 30.1 Å².